The van der Waals surface area contributed by atoms with E-state index >= 15 is 0 Å². The van der Waals surface area contributed by atoms with Crippen LogP contribution in [0.1, 0.15) is 11.1 Å². The molecule has 0 saturated heterocycles. The van der Waals surface area contributed by atoms with Crippen molar-refractivity contribution in [2.75, 3.05) is 16.3 Å². The number of aliphatic hydroxyl groups excluding tert-OH is 1. The third-order valence-corrected chi connectivity index (χ3v) is 5.82. The van der Waals surface area contributed by atoms with E-state index in [1.165, 1.54) is 21.6 Å². The molecule has 2 amide bonds. The first-order valence-electron chi connectivity index (χ1n) is 9.25. The number of halogens is 1. The first kappa shape index (κ1) is 20.6. The number of nitrogens with zero attached hydrogens (tertiary/aromatic N) is 4. The SMILES string of the molecule is O=C1N(c2ccccc2Cl)Cc2cnc(SCc3ccccc3)nc2N1CC(O)O. The minimum Gasteiger partial charge on any atom is -0.367 e. The molecule has 0 spiro atoms. The van der Waals surface area contributed by atoms with Crippen LogP contribution in [0.2, 0.25) is 5.02 Å². The van der Waals surface area contributed by atoms with Gasteiger partial charge in [0.15, 0.2) is 11.4 Å². The number of rotatable bonds is 6. The van der Waals surface area contributed by atoms with E-state index in [0.29, 0.717) is 33.0 Å². The number of carbonyl (C=O) groups excluding carboxylic acids is 1. The van der Waals surface area contributed by atoms with E-state index in [1.807, 2.05) is 30.3 Å². The van der Waals surface area contributed by atoms with Crippen LogP contribution < -0.4 is 9.80 Å². The molecular weight excluding hydrogens is 424 g/mol. The van der Waals surface area contributed by atoms with Crippen LogP contribution in [0.3, 0.4) is 0 Å². The Morgan fingerprint density at radius 2 is 1.83 bits per heavy atom. The average molecular weight is 443 g/mol. The summed E-state index contributed by atoms with van der Waals surface area (Å²) in [6.07, 6.45) is -0.0359. The van der Waals surface area contributed by atoms with Crippen molar-refractivity contribution in [3.8, 4) is 0 Å². The summed E-state index contributed by atoms with van der Waals surface area (Å²) < 4.78 is 0. The predicted molar refractivity (Wildman–Crippen MR) is 117 cm³/mol. The van der Waals surface area contributed by atoms with Gasteiger partial charge in [-0.05, 0) is 17.7 Å². The number of anilines is 2. The largest absolute Gasteiger partial charge is 0.367 e. The van der Waals surface area contributed by atoms with Gasteiger partial charge in [0.2, 0.25) is 0 Å². The molecule has 0 radical (unpaired) electrons. The summed E-state index contributed by atoms with van der Waals surface area (Å²) in [6, 6.07) is 16.5. The number of fused-ring (bicyclic) bond motifs is 1. The van der Waals surface area contributed by atoms with Gasteiger partial charge in [0.05, 0.1) is 23.8 Å². The van der Waals surface area contributed by atoms with Gasteiger partial charge >= 0.3 is 6.03 Å². The number of benzene rings is 2. The Morgan fingerprint density at radius 3 is 2.57 bits per heavy atom. The molecule has 1 aromatic heterocycles. The molecule has 7 nitrogen and oxygen atoms in total. The molecule has 0 bridgehead atoms. The van der Waals surface area contributed by atoms with E-state index in [9.17, 15) is 15.0 Å². The van der Waals surface area contributed by atoms with Crippen molar-refractivity contribution in [1.29, 1.82) is 0 Å². The summed E-state index contributed by atoms with van der Waals surface area (Å²) in [5.41, 5.74) is 2.36. The van der Waals surface area contributed by atoms with Crippen molar-refractivity contribution in [1.82, 2.24) is 9.97 Å². The molecule has 0 saturated carbocycles. The van der Waals surface area contributed by atoms with Crippen molar-refractivity contribution in [3.05, 3.63) is 76.9 Å². The zero-order valence-corrected chi connectivity index (χ0v) is 17.4. The van der Waals surface area contributed by atoms with Gasteiger partial charge in [-0.25, -0.2) is 14.8 Å². The van der Waals surface area contributed by atoms with Crippen LogP contribution in [0.4, 0.5) is 16.3 Å². The standard InChI is InChI=1S/C21H19ClN4O3S/c22-16-8-4-5-9-17(16)25-11-15-10-23-20(30-13-14-6-2-1-3-7-14)24-19(15)26(21(25)29)12-18(27)28/h1-10,18,27-28H,11-13H2. The quantitative estimate of drug-likeness (QED) is 0.344. The molecule has 0 unspecified atom stereocenters. The highest BCUT2D eigenvalue weighted by molar-refractivity contribution is 7.98. The predicted octanol–water partition coefficient (Wildman–Crippen LogP) is 3.68. The number of thioether (sulfide) groups is 1. The van der Waals surface area contributed by atoms with Crippen LogP contribution in [-0.2, 0) is 12.3 Å². The second-order valence-corrected chi connectivity index (χ2v) is 8.04. The Balaban J connectivity index is 1.64. The monoisotopic (exact) mass is 442 g/mol. The fourth-order valence-electron chi connectivity index (χ4n) is 3.18. The maximum atomic E-state index is 13.2. The minimum absolute atomic E-state index is 0.236. The molecule has 0 atom stereocenters. The number of aliphatic hydroxyl groups is 2. The van der Waals surface area contributed by atoms with E-state index in [0.717, 1.165) is 5.56 Å². The zero-order valence-electron chi connectivity index (χ0n) is 15.8. The van der Waals surface area contributed by atoms with Gasteiger partial charge in [0.1, 0.15) is 5.82 Å². The fourth-order valence-corrected chi connectivity index (χ4v) is 4.18. The normalized spacial score (nSPS) is 13.7. The van der Waals surface area contributed by atoms with E-state index in [1.54, 1.807) is 30.5 Å². The van der Waals surface area contributed by atoms with Crippen LogP contribution in [-0.4, -0.2) is 39.0 Å². The van der Waals surface area contributed by atoms with Gasteiger partial charge in [-0.3, -0.25) is 9.80 Å². The summed E-state index contributed by atoms with van der Waals surface area (Å²) in [6.45, 7) is -0.0772. The number of urea groups is 1. The molecular formula is C21H19ClN4O3S. The van der Waals surface area contributed by atoms with Gasteiger partial charge in [-0.15, -0.1) is 0 Å². The van der Waals surface area contributed by atoms with Crippen molar-refractivity contribution < 1.29 is 15.0 Å². The first-order chi connectivity index (χ1) is 14.5. The Bertz CT molecular complexity index is 1050. The highest BCUT2D eigenvalue weighted by Gasteiger charge is 2.34. The van der Waals surface area contributed by atoms with Crippen LogP contribution >= 0.6 is 23.4 Å². The number of hydrogen-bond donors (Lipinski definition) is 2. The maximum absolute atomic E-state index is 13.2. The molecule has 1 aliphatic heterocycles. The van der Waals surface area contributed by atoms with Gasteiger partial charge in [0, 0.05) is 17.5 Å². The Labute approximate surface area is 182 Å². The van der Waals surface area contributed by atoms with Gasteiger partial charge in [0.25, 0.3) is 0 Å². The second-order valence-electron chi connectivity index (χ2n) is 6.69. The van der Waals surface area contributed by atoms with Gasteiger partial charge in [-0.2, -0.15) is 0 Å². The summed E-state index contributed by atoms with van der Waals surface area (Å²) in [5, 5.41) is 20.0. The number of β-amino-alcohol motifs (C(OH)–C–C–N with tert-alkyl or cyclic N) is 2. The molecule has 4 rings (SSSR count). The molecule has 0 aliphatic carbocycles. The number of amides is 2. The fraction of sp³-hybridized carbons (Fsp3) is 0.190. The molecule has 2 heterocycles. The molecule has 154 valence electrons. The van der Waals surface area contributed by atoms with Gasteiger partial charge in [-0.1, -0.05) is 65.8 Å². The van der Waals surface area contributed by atoms with E-state index in [4.69, 9.17) is 11.6 Å². The molecule has 9 heteroatoms. The van der Waals surface area contributed by atoms with Crippen LogP contribution in [0.5, 0.6) is 0 Å². The van der Waals surface area contributed by atoms with Crippen LogP contribution in [0.25, 0.3) is 0 Å². The molecule has 30 heavy (non-hydrogen) atoms. The van der Waals surface area contributed by atoms with Crippen LogP contribution in [0.15, 0.2) is 66.0 Å². The summed E-state index contributed by atoms with van der Waals surface area (Å²) in [4.78, 5) is 24.9. The summed E-state index contributed by atoms with van der Waals surface area (Å²) in [5.74, 6) is 1.06. The van der Waals surface area contributed by atoms with Crippen molar-refractivity contribution in [2.45, 2.75) is 23.7 Å². The third-order valence-electron chi connectivity index (χ3n) is 4.57. The highest BCUT2D eigenvalue weighted by atomic mass is 35.5. The van der Waals surface area contributed by atoms with Crippen LogP contribution in [0, 0.1) is 0 Å². The number of aromatic nitrogens is 2. The lowest BCUT2D eigenvalue weighted by Gasteiger charge is -2.36. The number of hydrogen-bond acceptors (Lipinski definition) is 6. The Kier molecular flexibility index (Phi) is 6.19. The van der Waals surface area contributed by atoms with Gasteiger partial charge < -0.3 is 10.2 Å². The highest BCUT2D eigenvalue weighted by Crippen LogP contribution is 2.34. The molecule has 3 aromatic rings. The first-order valence-corrected chi connectivity index (χ1v) is 10.6. The molecule has 0 fully saturated rings. The number of para-hydroxylation sites is 1. The Hall–Kier alpha value is -2.65. The van der Waals surface area contributed by atoms with E-state index < -0.39 is 12.3 Å². The zero-order chi connectivity index (χ0) is 21.1. The molecule has 2 N–H and O–H groups in total. The van der Waals surface area contributed by atoms with Crippen molar-refractivity contribution >= 4 is 40.9 Å². The topological polar surface area (TPSA) is 89.8 Å². The minimum atomic E-state index is -1.71. The lowest BCUT2D eigenvalue weighted by Crippen LogP contribution is -2.50. The molecule has 2 aromatic carbocycles. The van der Waals surface area contributed by atoms with Crippen molar-refractivity contribution in [3.63, 3.8) is 0 Å². The average Bonchev–Trinajstić information content (AvgIpc) is 2.75. The summed E-state index contributed by atoms with van der Waals surface area (Å²) >= 11 is 7.73. The maximum Gasteiger partial charge on any atom is 0.330 e. The van der Waals surface area contributed by atoms with Crippen molar-refractivity contribution in [2.24, 2.45) is 0 Å². The second kappa shape index (κ2) is 9.01. The Morgan fingerprint density at radius 1 is 1.10 bits per heavy atom. The van der Waals surface area contributed by atoms with E-state index in [2.05, 4.69) is 9.97 Å². The third kappa shape index (κ3) is 4.41. The smallest absolute Gasteiger partial charge is 0.330 e. The molecule has 1 aliphatic rings. The van der Waals surface area contributed by atoms with E-state index in [-0.39, 0.29) is 13.1 Å². The lowest BCUT2D eigenvalue weighted by atomic mass is 10.2. The lowest BCUT2D eigenvalue weighted by molar-refractivity contribution is -0.0312. The number of carbonyl (C=O) groups is 1. The summed E-state index contributed by atoms with van der Waals surface area (Å²) in [7, 11) is 0.